The van der Waals surface area contributed by atoms with Crippen LogP contribution in [0.4, 0.5) is 5.95 Å². The Kier molecular flexibility index (Phi) is 2.53. The second kappa shape index (κ2) is 3.84. The zero-order chi connectivity index (χ0) is 10.8. The van der Waals surface area contributed by atoms with Gasteiger partial charge in [0.15, 0.2) is 0 Å². The number of likely N-dealkylation sites (tertiary alicyclic amines) is 1. The van der Waals surface area contributed by atoms with Crippen molar-refractivity contribution in [2.45, 2.75) is 19.4 Å². The third-order valence-corrected chi connectivity index (χ3v) is 2.51. The van der Waals surface area contributed by atoms with Crippen LogP contribution in [0.2, 0.25) is 0 Å². The highest BCUT2D eigenvalue weighted by Crippen LogP contribution is 2.12. The Morgan fingerprint density at radius 2 is 2.13 bits per heavy atom. The number of carbonyl (C=O) groups is 1. The van der Waals surface area contributed by atoms with E-state index < -0.39 is 0 Å². The van der Waals surface area contributed by atoms with Gasteiger partial charge in [-0.15, -0.1) is 0 Å². The molecule has 1 aromatic rings. The molecular formula is C10H14N4O. The van der Waals surface area contributed by atoms with Crippen LogP contribution in [0.1, 0.15) is 12.0 Å². The van der Waals surface area contributed by atoms with Crippen molar-refractivity contribution in [3.05, 3.63) is 18.0 Å². The van der Waals surface area contributed by atoms with Crippen LogP contribution in [0, 0.1) is 6.92 Å². The van der Waals surface area contributed by atoms with Gasteiger partial charge < -0.3 is 10.2 Å². The monoisotopic (exact) mass is 206 g/mol. The van der Waals surface area contributed by atoms with Crippen LogP contribution in [-0.4, -0.2) is 40.4 Å². The maximum Gasteiger partial charge on any atom is 0.244 e. The molecule has 1 saturated heterocycles. The van der Waals surface area contributed by atoms with Crippen molar-refractivity contribution in [3.63, 3.8) is 0 Å². The number of rotatable bonds is 2. The SMILES string of the molecule is Cc1cnc(NC2CCN(C)C2=O)nc1. The smallest absolute Gasteiger partial charge is 0.244 e. The molecule has 1 aliphatic heterocycles. The Hall–Kier alpha value is -1.65. The highest BCUT2D eigenvalue weighted by molar-refractivity contribution is 5.85. The van der Waals surface area contributed by atoms with Gasteiger partial charge >= 0.3 is 0 Å². The molecular weight excluding hydrogens is 192 g/mol. The first-order valence-corrected chi connectivity index (χ1v) is 4.97. The molecule has 0 radical (unpaired) electrons. The van der Waals surface area contributed by atoms with Crippen LogP contribution >= 0.6 is 0 Å². The third kappa shape index (κ3) is 2.06. The van der Waals surface area contributed by atoms with Gasteiger partial charge in [0, 0.05) is 26.0 Å². The summed E-state index contributed by atoms with van der Waals surface area (Å²) >= 11 is 0. The van der Waals surface area contributed by atoms with Crippen LogP contribution in [0.15, 0.2) is 12.4 Å². The zero-order valence-electron chi connectivity index (χ0n) is 8.90. The van der Waals surface area contributed by atoms with E-state index in [-0.39, 0.29) is 11.9 Å². The van der Waals surface area contributed by atoms with Crippen LogP contribution in [0.3, 0.4) is 0 Å². The molecule has 5 nitrogen and oxygen atoms in total. The first kappa shape index (κ1) is 9.89. The molecule has 0 spiro atoms. The standard InChI is InChI=1S/C10H14N4O/c1-7-5-11-10(12-6-7)13-8-3-4-14(2)9(8)15/h5-6,8H,3-4H2,1-2H3,(H,11,12,13). The summed E-state index contributed by atoms with van der Waals surface area (Å²) in [5.41, 5.74) is 1.01. The number of hydrogen-bond donors (Lipinski definition) is 1. The van der Waals surface area contributed by atoms with E-state index in [1.54, 1.807) is 24.3 Å². The fourth-order valence-electron chi connectivity index (χ4n) is 1.58. The summed E-state index contributed by atoms with van der Waals surface area (Å²) < 4.78 is 0. The normalized spacial score (nSPS) is 20.8. The molecule has 2 rings (SSSR count). The number of nitrogens with zero attached hydrogens (tertiary/aromatic N) is 3. The number of likely N-dealkylation sites (N-methyl/N-ethyl adjacent to an activating group) is 1. The van der Waals surface area contributed by atoms with Crippen molar-refractivity contribution in [2.75, 3.05) is 18.9 Å². The van der Waals surface area contributed by atoms with Crippen LogP contribution in [-0.2, 0) is 4.79 Å². The van der Waals surface area contributed by atoms with Crippen molar-refractivity contribution in [1.82, 2.24) is 14.9 Å². The molecule has 0 bridgehead atoms. The molecule has 0 saturated carbocycles. The second-order valence-corrected chi connectivity index (χ2v) is 3.83. The molecule has 1 fully saturated rings. The van der Waals surface area contributed by atoms with E-state index in [9.17, 15) is 4.79 Å². The predicted molar refractivity (Wildman–Crippen MR) is 56.4 cm³/mol. The minimum Gasteiger partial charge on any atom is -0.344 e. The van der Waals surface area contributed by atoms with Crippen molar-refractivity contribution < 1.29 is 4.79 Å². The molecule has 1 aromatic heterocycles. The van der Waals surface area contributed by atoms with Crippen molar-refractivity contribution in [2.24, 2.45) is 0 Å². The third-order valence-electron chi connectivity index (χ3n) is 2.51. The van der Waals surface area contributed by atoms with E-state index in [0.717, 1.165) is 18.5 Å². The minimum atomic E-state index is -0.169. The lowest BCUT2D eigenvalue weighted by atomic mass is 10.2. The summed E-state index contributed by atoms with van der Waals surface area (Å²) in [4.78, 5) is 21.5. The van der Waals surface area contributed by atoms with Gasteiger partial charge in [0.25, 0.3) is 0 Å². The van der Waals surface area contributed by atoms with Crippen LogP contribution in [0.25, 0.3) is 0 Å². The molecule has 1 amide bonds. The van der Waals surface area contributed by atoms with Gasteiger partial charge in [0.05, 0.1) is 0 Å². The van der Waals surface area contributed by atoms with Gasteiger partial charge in [0.2, 0.25) is 11.9 Å². The van der Waals surface area contributed by atoms with Crippen LogP contribution in [0.5, 0.6) is 0 Å². The van der Waals surface area contributed by atoms with E-state index in [2.05, 4.69) is 15.3 Å². The number of hydrogen-bond acceptors (Lipinski definition) is 4. The van der Waals surface area contributed by atoms with E-state index in [1.165, 1.54) is 0 Å². The second-order valence-electron chi connectivity index (χ2n) is 3.83. The zero-order valence-corrected chi connectivity index (χ0v) is 8.90. The van der Waals surface area contributed by atoms with E-state index in [0.29, 0.717) is 5.95 Å². The maximum atomic E-state index is 11.6. The first-order chi connectivity index (χ1) is 7.16. The number of carbonyl (C=O) groups excluding carboxylic acids is 1. The maximum absolute atomic E-state index is 11.6. The largest absolute Gasteiger partial charge is 0.344 e. The fourth-order valence-corrected chi connectivity index (χ4v) is 1.58. The minimum absolute atomic E-state index is 0.110. The predicted octanol–water partition coefficient (Wildman–Crippen LogP) is 0.428. The fraction of sp³-hybridized carbons (Fsp3) is 0.500. The molecule has 1 N–H and O–H groups in total. The number of aryl methyl sites for hydroxylation is 1. The van der Waals surface area contributed by atoms with E-state index in [4.69, 9.17) is 0 Å². The Morgan fingerprint density at radius 1 is 1.47 bits per heavy atom. The quantitative estimate of drug-likeness (QED) is 0.762. The average molecular weight is 206 g/mol. The first-order valence-electron chi connectivity index (χ1n) is 4.97. The molecule has 5 heteroatoms. The van der Waals surface area contributed by atoms with Gasteiger partial charge in [-0.3, -0.25) is 4.79 Å². The molecule has 0 aromatic carbocycles. The van der Waals surface area contributed by atoms with Gasteiger partial charge in [-0.05, 0) is 18.9 Å². The summed E-state index contributed by atoms with van der Waals surface area (Å²) in [6.07, 6.45) is 4.28. The number of anilines is 1. The summed E-state index contributed by atoms with van der Waals surface area (Å²) in [7, 11) is 1.81. The number of amides is 1. The lowest BCUT2D eigenvalue weighted by Crippen LogP contribution is -2.31. The summed E-state index contributed by atoms with van der Waals surface area (Å²) in [5.74, 6) is 0.633. The highest BCUT2D eigenvalue weighted by Gasteiger charge is 2.29. The molecule has 0 aliphatic carbocycles. The molecule has 15 heavy (non-hydrogen) atoms. The average Bonchev–Trinajstić information content (AvgIpc) is 2.53. The van der Waals surface area contributed by atoms with Crippen molar-refractivity contribution >= 4 is 11.9 Å². The Bertz CT molecular complexity index is 362. The molecule has 80 valence electrons. The van der Waals surface area contributed by atoms with E-state index in [1.807, 2.05) is 6.92 Å². The molecule has 1 atom stereocenters. The Balaban J connectivity index is 2.03. The number of aromatic nitrogens is 2. The lowest BCUT2D eigenvalue weighted by Gasteiger charge is -2.11. The number of nitrogens with one attached hydrogen (secondary N) is 1. The summed E-state index contributed by atoms with van der Waals surface area (Å²) in [6.45, 7) is 2.72. The Labute approximate surface area is 88.5 Å². The van der Waals surface area contributed by atoms with Gasteiger partial charge in [0.1, 0.15) is 6.04 Å². The summed E-state index contributed by atoms with van der Waals surface area (Å²) in [5, 5.41) is 3.03. The molecule has 1 unspecified atom stereocenters. The molecule has 2 heterocycles. The van der Waals surface area contributed by atoms with Crippen molar-refractivity contribution in [1.29, 1.82) is 0 Å². The van der Waals surface area contributed by atoms with E-state index >= 15 is 0 Å². The van der Waals surface area contributed by atoms with Crippen molar-refractivity contribution in [3.8, 4) is 0 Å². The molecule has 1 aliphatic rings. The summed E-state index contributed by atoms with van der Waals surface area (Å²) in [6, 6.07) is -0.169. The Morgan fingerprint density at radius 3 is 2.67 bits per heavy atom. The van der Waals surface area contributed by atoms with Gasteiger partial charge in [-0.1, -0.05) is 0 Å². The van der Waals surface area contributed by atoms with Gasteiger partial charge in [-0.2, -0.15) is 0 Å². The highest BCUT2D eigenvalue weighted by atomic mass is 16.2. The van der Waals surface area contributed by atoms with Crippen LogP contribution < -0.4 is 5.32 Å². The lowest BCUT2D eigenvalue weighted by molar-refractivity contribution is -0.127. The topological polar surface area (TPSA) is 58.1 Å². The van der Waals surface area contributed by atoms with Gasteiger partial charge in [-0.25, -0.2) is 9.97 Å².